The van der Waals surface area contributed by atoms with Crippen LogP contribution in [0.1, 0.15) is 23.9 Å². The summed E-state index contributed by atoms with van der Waals surface area (Å²) in [6.45, 7) is 3.67. The lowest BCUT2D eigenvalue weighted by molar-refractivity contribution is 0.387. The van der Waals surface area contributed by atoms with Gasteiger partial charge in [0.2, 0.25) is 5.89 Å². The van der Waals surface area contributed by atoms with Crippen molar-refractivity contribution in [2.45, 2.75) is 24.3 Å². The van der Waals surface area contributed by atoms with E-state index in [0.717, 1.165) is 0 Å². The van der Waals surface area contributed by atoms with E-state index in [1.165, 1.54) is 17.8 Å². The highest BCUT2D eigenvalue weighted by atomic mass is 32.2. The number of aromatic nitrogens is 4. The number of nitrogens with two attached hydrogens (primary N) is 2. The van der Waals surface area contributed by atoms with Crippen LogP contribution in [0.4, 0.5) is 11.6 Å². The van der Waals surface area contributed by atoms with Gasteiger partial charge >= 0.3 is 0 Å². The normalized spacial score (nSPS) is 12.6. The number of nitrogen functional groups attached to an aromatic ring is 2. The predicted molar refractivity (Wildman–Crippen MR) is 64.2 cm³/mol. The van der Waals surface area contributed by atoms with Crippen LogP contribution in [0.2, 0.25) is 0 Å². The molecule has 90 valence electrons. The zero-order valence-electron chi connectivity index (χ0n) is 9.41. The lowest BCUT2D eigenvalue weighted by atomic mass is 10.4. The van der Waals surface area contributed by atoms with Gasteiger partial charge in [-0.15, -0.1) is 0 Å². The number of anilines is 2. The van der Waals surface area contributed by atoms with Crippen LogP contribution in [-0.4, -0.2) is 20.1 Å². The number of hydrogen-bond donors (Lipinski definition) is 2. The second kappa shape index (κ2) is 4.58. The van der Waals surface area contributed by atoms with Gasteiger partial charge in [0.25, 0.3) is 0 Å². The minimum atomic E-state index is -0.0337. The summed E-state index contributed by atoms with van der Waals surface area (Å²) in [6, 6.07) is 1.51. The second-order valence-electron chi connectivity index (χ2n) is 3.43. The Hall–Kier alpha value is -1.83. The van der Waals surface area contributed by atoms with Crippen molar-refractivity contribution < 1.29 is 4.52 Å². The average Bonchev–Trinajstić information content (AvgIpc) is 2.63. The van der Waals surface area contributed by atoms with Gasteiger partial charge in [0.1, 0.15) is 11.6 Å². The van der Waals surface area contributed by atoms with Gasteiger partial charge in [-0.2, -0.15) is 4.98 Å². The van der Waals surface area contributed by atoms with Crippen LogP contribution in [0.3, 0.4) is 0 Å². The molecule has 0 saturated carbocycles. The monoisotopic (exact) mass is 252 g/mol. The molecule has 0 fully saturated rings. The molecule has 2 aromatic rings. The van der Waals surface area contributed by atoms with Crippen molar-refractivity contribution in [1.29, 1.82) is 0 Å². The molecular formula is C9H12N6OS. The molecule has 0 aliphatic carbocycles. The summed E-state index contributed by atoms with van der Waals surface area (Å²) in [5.41, 5.74) is 11.2. The van der Waals surface area contributed by atoms with Gasteiger partial charge in [-0.1, -0.05) is 16.9 Å². The number of rotatable bonds is 3. The van der Waals surface area contributed by atoms with Gasteiger partial charge < -0.3 is 16.0 Å². The van der Waals surface area contributed by atoms with Crippen molar-refractivity contribution in [3.8, 4) is 0 Å². The van der Waals surface area contributed by atoms with Gasteiger partial charge in [-0.3, -0.25) is 0 Å². The largest absolute Gasteiger partial charge is 0.383 e. The number of nitrogens with zero attached hydrogens (tertiary/aromatic N) is 4. The van der Waals surface area contributed by atoms with Crippen molar-refractivity contribution >= 4 is 23.4 Å². The van der Waals surface area contributed by atoms with Crippen LogP contribution < -0.4 is 11.5 Å². The maximum Gasteiger partial charge on any atom is 0.223 e. The molecular weight excluding hydrogens is 240 g/mol. The fourth-order valence-electron chi connectivity index (χ4n) is 1.21. The van der Waals surface area contributed by atoms with Crippen LogP contribution >= 0.6 is 11.8 Å². The Balaban J connectivity index is 2.15. The SMILES string of the molecule is Cc1nc([C@@H](C)Sc2nc(N)cc(N)n2)no1. The van der Waals surface area contributed by atoms with Crippen LogP contribution in [0.15, 0.2) is 15.7 Å². The Morgan fingerprint density at radius 2 is 1.88 bits per heavy atom. The third kappa shape index (κ3) is 2.84. The second-order valence-corrected chi connectivity index (χ2v) is 4.74. The molecule has 0 aliphatic rings. The van der Waals surface area contributed by atoms with E-state index in [-0.39, 0.29) is 5.25 Å². The summed E-state index contributed by atoms with van der Waals surface area (Å²) in [4.78, 5) is 12.3. The predicted octanol–water partition coefficient (Wildman–Crippen LogP) is 1.19. The van der Waals surface area contributed by atoms with E-state index < -0.39 is 0 Å². The molecule has 0 aromatic carbocycles. The van der Waals surface area contributed by atoms with Gasteiger partial charge in [0.05, 0.1) is 5.25 Å². The third-order valence-electron chi connectivity index (χ3n) is 1.93. The molecule has 2 heterocycles. The molecule has 8 heteroatoms. The minimum Gasteiger partial charge on any atom is -0.383 e. The molecule has 0 bridgehead atoms. The molecule has 0 radical (unpaired) electrons. The van der Waals surface area contributed by atoms with Gasteiger partial charge in [-0.05, 0) is 6.92 Å². The molecule has 0 aliphatic heterocycles. The van der Waals surface area contributed by atoms with Crippen molar-refractivity contribution in [3.63, 3.8) is 0 Å². The van der Waals surface area contributed by atoms with Crippen molar-refractivity contribution in [3.05, 3.63) is 17.8 Å². The summed E-state index contributed by atoms with van der Waals surface area (Å²) >= 11 is 1.37. The average molecular weight is 252 g/mol. The fourth-order valence-corrected chi connectivity index (χ4v) is 2.04. The molecule has 0 saturated heterocycles. The Bertz CT molecular complexity index is 508. The highest BCUT2D eigenvalue weighted by Crippen LogP contribution is 2.31. The molecule has 7 nitrogen and oxygen atoms in total. The number of hydrogen-bond acceptors (Lipinski definition) is 8. The lowest BCUT2D eigenvalue weighted by Gasteiger charge is -2.06. The quantitative estimate of drug-likeness (QED) is 0.617. The Kier molecular flexibility index (Phi) is 3.14. The molecule has 2 rings (SSSR count). The molecule has 1 atom stereocenters. The van der Waals surface area contributed by atoms with E-state index in [0.29, 0.717) is 28.5 Å². The van der Waals surface area contributed by atoms with Crippen LogP contribution in [0, 0.1) is 6.92 Å². The number of thioether (sulfide) groups is 1. The minimum absolute atomic E-state index is 0.0337. The Morgan fingerprint density at radius 1 is 1.24 bits per heavy atom. The lowest BCUT2D eigenvalue weighted by Crippen LogP contribution is -2.01. The van der Waals surface area contributed by atoms with Crippen LogP contribution in [0.25, 0.3) is 0 Å². The van der Waals surface area contributed by atoms with Gasteiger partial charge in [0, 0.05) is 13.0 Å². The first kappa shape index (κ1) is 11.6. The highest BCUT2D eigenvalue weighted by Gasteiger charge is 2.15. The Labute approximate surface area is 102 Å². The molecule has 2 aromatic heterocycles. The van der Waals surface area contributed by atoms with Crippen molar-refractivity contribution in [1.82, 2.24) is 20.1 Å². The van der Waals surface area contributed by atoms with E-state index in [1.54, 1.807) is 6.92 Å². The first-order valence-electron chi connectivity index (χ1n) is 4.91. The summed E-state index contributed by atoms with van der Waals surface area (Å²) in [5, 5.41) is 4.30. The van der Waals surface area contributed by atoms with E-state index in [2.05, 4.69) is 20.1 Å². The summed E-state index contributed by atoms with van der Waals surface area (Å²) in [7, 11) is 0. The van der Waals surface area contributed by atoms with E-state index in [9.17, 15) is 0 Å². The standard InChI is InChI=1S/C9H12N6OS/c1-4(8-12-5(2)16-15-8)17-9-13-6(10)3-7(11)14-9/h3-4H,1-2H3,(H4,10,11,13,14)/t4-/m1/s1. The highest BCUT2D eigenvalue weighted by molar-refractivity contribution is 7.99. The van der Waals surface area contributed by atoms with Crippen molar-refractivity contribution in [2.24, 2.45) is 0 Å². The van der Waals surface area contributed by atoms with E-state index >= 15 is 0 Å². The van der Waals surface area contributed by atoms with Crippen LogP contribution in [-0.2, 0) is 0 Å². The Morgan fingerprint density at radius 3 is 2.41 bits per heavy atom. The van der Waals surface area contributed by atoms with Gasteiger partial charge in [-0.25, -0.2) is 9.97 Å². The summed E-state index contributed by atoms with van der Waals surface area (Å²) in [6.07, 6.45) is 0. The van der Waals surface area contributed by atoms with Gasteiger partial charge in [0.15, 0.2) is 11.0 Å². The molecule has 0 amide bonds. The molecule has 4 N–H and O–H groups in total. The van der Waals surface area contributed by atoms with Crippen molar-refractivity contribution in [2.75, 3.05) is 11.5 Å². The van der Waals surface area contributed by atoms with Crippen LogP contribution in [0.5, 0.6) is 0 Å². The topological polar surface area (TPSA) is 117 Å². The fraction of sp³-hybridized carbons (Fsp3) is 0.333. The zero-order valence-corrected chi connectivity index (χ0v) is 10.2. The first-order valence-corrected chi connectivity index (χ1v) is 5.79. The molecule has 0 spiro atoms. The first-order chi connectivity index (χ1) is 8.04. The zero-order chi connectivity index (χ0) is 12.4. The molecule has 0 unspecified atom stereocenters. The molecule has 17 heavy (non-hydrogen) atoms. The third-order valence-corrected chi connectivity index (χ3v) is 2.89. The maximum atomic E-state index is 5.58. The summed E-state index contributed by atoms with van der Waals surface area (Å²) in [5.74, 6) is 1.81. The number of aryl methyl sites for hydroxylation is 1. The van der Waals surface area contributed by atoms with E-state index in [1.807, 2.05) is 6.92 Å². The maximum absolute atomic E-state index is 5.58. The van der Waals surface area contributed by atoms with E-state index in [4.69, 9.17) is 16.0 Å². The smallest absolute Gasteiger partial charge is 0.223 e. The summed E-state index contributed by atoms with van der Waals surface area (Å²) < 4.78 is 4.91.